The third-order valence-electron chi connectivity index (χ3n) is 4.00. The number of hydrogen-bond donors (Lipinski definition) is 2. The normalized spacial score (nSPS) is 14.6. The van der Waals surface area contributed by atoms with E-state index in [9.17, 15) is 19.2 Å². The van der Waals surface area contributed by atoms with Crippen molar-refractivity contribution in [1.82, 2.24) is 15.5 Å². The Morgan fingerprint density at radius 3 is 2.42 bits per heavy atom. The Hall–Kier alpha value is -3.08. The summed E-state index contributed by atoms with van der Waals surface area (Å²) in [5.74, 6) is -0.734. The molecule has 0 aromatic heterocycles. The van der Waals surface area contributed by atoms with Crippen molar-refractivity contribution in [2.24, 2.45) is 0 Å². The Morgan fingerprint density at radius 2 is 1.85 bits per heavy atom. The minimum Gasteiger partial charge on any atom is -0.388 e. The number of nitrogens with zero attached hydrogens (tertiary/aromatic N) is 3. The van der Waals surface area contributed by atoms with Crippen molar-refractivity contribution in [2.45, 2.75) is 6.92 Å². The van der Waals surface area contributed by atoms with Crippen LogP contribution < -0.4 is 15.5 Å². The number of carbonyl (C=O) groups excluding carboxylic acids is 2. The van der Waals surface area contributed by atoms with Crippen molar-refractivity contribution in [1.29, 1.82) is 5.26 Å². The molecule has 1 aromatic rings. The summed E-state index contributed by atoms with van der Waals surface area (Å²) in [7, 11) is 0. The van der Waals surface area contributed by atoms with Gasteiger partial charge in [0.05, 0.1) is 0 Å². The van der Waals surface area contributed by atoms with Crippen LogP contribution in [0, 0.1) is 17.1 Å². The van der Waals surface area contributed by atoms with Crippen LogP contribution >= 0.6 is 0 Å². The molecule has 8 heteroatoms. The Morgan fingerprint density at radius 1 is 1.19 bits per heavy atom. The van der Waals surface area contributed by atoms with E-state index in [0.29, 0.717) is 39.3 Å². The van der Waals surface area contributed by atoms with Crippen LogP contribution in [-0.4, -0.2) is 56.0 Å². The SMILES string of the molecule is CC(=O)NCCN/C=C(/C#N)C(=O)N1CCN(c2ccc(F)cc2)CC1. The molecule has 138 valence electrons. The Bertz CT molecular complexity index is 703. The summed E-state index contributed by atoms with van der Waals surface area (Å²) in [6.45, 7) is 4.47. The van der Waals surface area contributed by atoms with Gasteiger partial charge < -0.3 is 20.4 Å². The summed E-state index contributed by atoms with van der Waals surface area (Å²) >= 11 is 0. The zero-order valence-corrected chi connectivity index (χ0v) is 14.7. The van der Waals surface area contributed by atoms with Gasteiger partial charge >= 0.3 is 0 Å². The first kappa shape index (κ1) is 19.2. The van der Waals surface area contributed by atoms with Crippen molar-refractivity contribution in [3.05, 3.63) is 41.9 Å². The van der Waals surface area contributed by atoms with Crippen LogP contribution in [0.1, 0.15) is 6.92 Å². The predicted molar refractivity (Wildman–Crippen MR) is 95.6 cm³/mol. The number of rotatable bonds is 6. The highest BCUT2D eigenvalue weighted by atomic mass is 19.1. The largest absolute Gasteiger partial charge is 0.388 e. The van der Waals surface area contributed by atoms with Crippen LogP contribution in [0.15, 0.2) is 36.0 Å². The molecular formula is C18H22FN5O2. The molecule has 1 heterocycles. The maximum Gasteiger partial charge on any atom is 0.266 e. The Balaban J connectivity index is 1.84. The molecule has 1 aliphatic heterocycles. The first-order valence-corrected chi connectivity index (χ1v) is 8.39. The predicted octanol–water partition coefficient (Wildman–Crippen LogP) is 0.607. The highest BCUT2D eigenvalue weighted by Gasteiger charge is 2.23. The van der Waals surface area contributed by atoms with Gasteiger partial charge in [-0.1, -0.05) is 0 Å². The number of benzene rings is 1. The zero-order chi connectivity index (χ0) is 18.9. The molecule has 1 aromatic carbocycles. The quantitative estimate of drug-likeness (QED) is 0.441. The van der Waals surface area contributed by atoms with Gasteiger partial charge in [-0.05, 0) is 24.3 Å². The first-order chi connectivity index (χ1) is 12.5. The molecule has 1 aliphatic rings. The molecule has 0 bridgehead atoms. The lowest BCUT2D eigenvalue weighted by Gasteiger charge is -2.36. The maximum atomic E-state index is 13.0. The number of halogens is 1. The van der Waals surface area contributed by atoms with E-state index >= 15 is 0 Å². The number of amides is 2. The van der Waals surface area contributed by atoms with Gasteiger partial charge in [-0.2, -0.15) is 5.26 Å². The zero-order valence-electron chi connectivity index (χ0n) is 14.7. The molecule has 0 radical (unpaired) electrons. The minimum atomic E-state index is -0.321. The van der Waals surface area contributed by atoms with Crippen molar-refractivity contribution in [3.8, 4) is 6.07 Å². The highest BCUT2D eigenvalue weighted by Crippen LogP contribution is 2.17. The monoisotopic (exact) mass is 359 g/mol. The fraction of sp³-hybridized carbons (Fsp3) is 0.389. The van der Waals surface area contributed by atoms with Crippen molar-refractivity contribution < 1.29 is 14.0 Å². The number of carbonyl (C=O) groups is 2. The summed E-state index contributed by atoms with van der Waals surface area (Å²) in [5, 5.41) is 14.7. The fourth-order valence-corrected chi connectivity index (χ4v) is 2.62. The third-order valence-corrected chi connectivity index (χ3v) is 4.00. The van der Waals surface area contributed by atoms with Crippen molar-refractivity contribution in [2.75, 3.05) is 44.2 Å². The second kappa shape index (κ2) is 9.42. The second-order valence-corrected chi connectivity index (χ2v) is 5.86. The molecule has 7 nitrogen and oxygen atoms in total. The van der Waals surface area contributed by atoms with Crippen LogP contribution in [0.5, 0.6) is 0 Å². The van der Waals surface area contributed by atoms with Gasteiger partial charge in [0.25, 0.3) is 5.91 Å². The van der Waals surface area contributed by atoms with E-state index in [1.807, 2.05) is 6.07 Å². The fourth-order valence-electron chi connectivity index (χ4n) is 2.62. The lowest BCUT2D eigenvalue weighted by atomic mass is 10.2. The number of piperazine rings is 1. The average molecular weight is 359 g/mol. The molecule has 0 atom stereocenters. The van der Waals surface area contributed by atoms with Crippen molar-refractivity contribution >= 4 is 17.5 Å². The van der Waals surface area contributed by atoms with Crippen LogP contribution in [-0.2, 0) is 9.59 Å². The molecule has 1 saturated heterocycles. The molecular weight excluding hydrogens is 337 g/mol. The molecule has 0 spiro atoms. The molecule has 2 amide bonds. The summed E-state index contributed by atoms with van der Waals surface area (Å²) in [6, 6.07) is 8.17. The van der Waals surface area contributed by atoms with E-state index < -0.39 is 0 Å². The van der Waals surface area contributed by atoms with Gasteiger partial charge in [0.2, 0.25) is 5.91 Å². The Labute approximate surface area is 152 Å². The van der Waals surface area contributed by atoms with Crippen LogP contribution in [0.4, 0.5) is 10.1 Å². The number of nitriles is 1. The molecule has 2 N–H and O–H groups in total. The lowest BCUT2D eigenvalue weighted by Crippen LogP contribution is -2.49. The van der Waals surface area contributed by atoms with Gasteiger partial charge in [0, 0.05) is 58.1 Å². The second-order valence-electron chi connectivity index (χ2n) is 5.86. The maximum absolute atomic E-state index is 13.0. The van der Waals surface area contributed by atoms with E-state index in [2.05, 4.69) is 15.5 Å². The average Bonchev–Trinajstić information content (AvgIpc) is 2.65. The minimum absolute atomic E-state index is 0.0306. The van der Waals surface area contributed by atoms with E-state index in [4.69, 9.17) is 0 Å². The molecule has 0 aliphatic carbocycles. The number of nitrogens with one attached hydrogen (secondary N) is 2. The standard InChI is InChI=1S/C18H22FN5O2/c1-14(25)22-7-6-21-13-15(12-20)18(26)24-10-8-23(9-11-24)17-4-2-16(19)3-5-17/h2-5,13,21H,6-11H2,1H3,(H,22,25)/b15-13-. The van der Waals surface area contributed by atoms with E-state index in [-0.39, 0.29) is 23.2 Å². The van der Waals surface area contributed by atoms with Gasteiger partial charge in [-0.15, -0.1) is 0 Å². The molecule has 26 heavy (non-hydrogen) atoms. The summed E-state index contributed by atoms with van der Waals surface area (Å²) in [5.41, 5.74) is 0.942. The summed E-state index contributed by atoms with van der Waals surface area (Å²) in [4.78, 5) is 26.9. The first-order valence-electron chi connectivity index (χ1n) is 8.39. The molecule has 0 unspecified atom stereocenters. The van der Waals surface area contributed by atoms with Gasteiger partial charge in [0.1, 0.15) is 17.5 Å². The summed E-state index contributed by atoms with van der Waals surface area (Å²) in [6.07, 6.45) is 1.39. The van der Waals surface area contributed by atoms with Gasteiger partial charge in [-0.3, -0.25) is 9.59 Å². The van der Waals surface area contributed by atoms with E-state index in [0.717, 1.165) is 5.69 Å². The van der Waals surface area contributed by atoms with Crippen LogP contribution in [0.25, 0.3) is 0 Å². The van der Waals surface area contributed by atoms with Crippen molar-refractivity contribution in [3.63, 3.8) is 0 Å². The number of hydrogen-bond acceptors (Lipinski definition) is 5. The van der Waals surface area contributed by atoms with Crippen LogP contribution in [0.2, 0.25) is 0 Å². The summed E-state index contributed by atoms with van der Waals surface area (Å²) < 4.78 is 13.0. The molecule has 0 saturated carbocycles. The lowest BCUT2D eigenvalue weighted by molar-refractivity contribution is -0.127. The highest BCUT2D eigenvalue weighted by molar-refractivity contribution is 5.97. The third kappa shape index (κ3) is 5.48. The molecule has 1 fully saturated rings. The van der Waals surface area contributed by atoms with Gasteiger partial charge in [-0.25, -0.2) is 4.39 Å². The Kier molecular flexibility index (Phi) is 6.97. The van der Waals surface area contributed by atoms with E-state index in [1.54, 1.807) is 17.0 Å². The topological polar surface area (TPSA) is 88.5 Å². The van der Waals surface area contributed by atoms with Crippen LogP contribution in [0.3, 0.4) is 0 Å². The smallest absolute Gasteiger partial charge is 0.266 e. The van der Waals surface area contributed by atoms with Gasteiger partial charge in [0.15, 0.2) is 0 Å². The van der Waals surface area contributed by atoms with E-state index in [1.165, 1.54) is 25.3 Å². The number of anilines is 1. The molecule has 2 rings (SSSR count).